The van der Waals surface area contributed by atoms with Gasteiger partial charge in [0, 0.05) is 32.1 Å². The minimum Gasteiger partial charge on any atom is -0.342 e. The molecule has 1 aromatic carbocycles. The second-order valence-corrected chi connectivity index (χ2v) is 7.46. The molecule has 0 atom stereocenters. The fourth-order valence-corrected chi connectivity index (χ4v) is 3.97. The van der Waals surface area contributed by atoms with Crippen LogP contribution in [0.5, 0.6) is 0 Å². The molecule has 142 valence electrons. The Balaban J connectivity index is 1.60. The van der Waals surface area contributed by atoms with Gasteiger partial charge >= 0.3 is 0 Å². The van der Waals surface area contributed by atoms with Crippen LogP contribution in [0.15, 0.2) is 12.1 Å². The van der Waals surface area contributed by atoms with Crippen molar-refractivity contribution in [1.29, 1.82) is 0 Å². The van der Waals surface area contributed by atoms with Crippen LogP contribution in [0.2, 0.25) is 5.02 Å². The highest BCUT2D eigenvalue weighted by atomic mass is 35.5. The molecule has 0 N–H and O–H groups in total. The molecule has 0 aromatic heterocycles. The van der Waals surface area contributed by atoms with Crippen LogP contribution in [0.3, 0.4) is 0 Å². The van der Waals surface area contributed by atoms with Gasteiger partial charge in [0.2, 0.25) is 5.91 Å². The van der Waals surface area contributed by atoms with E-state index >= 15 is 0 Å². The number of carbonyl (C=O) groups excluding carboxylic acids is 2. The van der Waals surface area contributed by atoms with Crippen LogP contribution >= 0.6 is 11.6 Å². The molecule has 2 heterocycles. The Kier molecular flexibility index (Phi) is 6.12. The number of hydrogen-bond donors (Lipinski definition) is 0. The van der Waals surface area contributed by atoms with Crippen LogP contribution in [-0.2, 0) is 4.79 Å². The normalized spacial score (nSPS) is 19.3. The minimum atomic E-state index is -1.09. The molecule has 3 rings (SSSR count). The van der Waals surface area contributed by atoms with Crippen LogP contribution < -0.4 is 0 Å². The Bertz CT molecular complexity index is 682. The minimum absolute atomic E-state index is 0.0390. The van der Waals surface area contributed by atoms with Crippen molar-refractivity contribution in [2.45, 2.75) is 38.5 Å². The number of carbonyl (C=O) groups is 2. The van der Waals surface area contributed by atoms with E-state index < -0.39 is 17.5 Å². The van der Waals surface area contributed by atoms with Gasteiger partial charge in [-0.2, -0.15) is 0 Å². The zero-order valence-corrected chi connectivity index (χ0v) is 15.4. The van der Waals surface area contributed by atoms with Gasteiger partial charge in [-0.1, -0.05) is 24.4 Å². The topological polar surface area (TPSA) is 40.6 Å². The number of piperidine rings is 1. The highest BCUT2D eigenvalue weighted by Crippen LogP contribution is 2.26. The standard InChI is InChI=1S/C19H23ClF2N2O2/c20-15-12-17(22)16(21)11-14(15)19(26)24-9-5-13(6-10-24)18(25)23-7-3-1-2-4-8-23/h11-13H,1-10H2. The molecule has 0 aliphatic carbocycles. The maximum absolute atomic E-state index is 13.4. The summed E-state index contributed by atoms with van der Waals surface area (Å²) >= 11 is 5.90. The van der Waals surface area contributed by atoms with E-state index in [0.717, 1.165) is 38.1 Å². The molecular formula is C19H23ClF2N2O2. The summed E-state index contributed by atoms with van der Waals surface area (Å²) in [5.74, 6) is -2.48. The van der Waals surface area contributed by atoms with E-state index in [2.05, 4.69) is 0 Å². The van der Waals surface area contributed by atoms with Crippen molar-refractivity contribution in [3.8, 4) is 0 Å². The summed E-state index contributed by atoms with van der Waals surface area (Å²) in [5, 5.41) is -0.100. The van der Waals surface area contributed by atoms with Crippen LogP contribution in [0, 0.1) is 17.6 Å². The van der Waals surface area contributed by atoms with E-state index in [1.807, 2.05) is 4.90 Å². The molecule has 0 saturated carbocycles. The van der Waals surface area contributed by atoms with Crippen molar-refractivity contribution in [1.82, 2.24) is 9.80 Å². The SMILES string of the molecule is O=C(c1cc(F)c(F)cc1Cl)N1CCC(C(=O)N2CCCCCC2)CC1. The lowest BCUT2D eigenvalue weighted by Gasteiger charge is -2.34. The number of rotatable bonds is 2. The fraction of sp³-hybridized carbons (Fsp3) is 0.579. The lowest BCUT2D eigenvalue weighted by molar-refractivity contribution is -0.136. The summed E-state index contributed by atoms with van der Waals surface area (Å²) in [7, 11) is 0. The third-order valence-corrected chi connectivity index (χ3v) is 5.60. The van der Waals surface area contributed by atoms with Crippen molar-refractivity contribution < 1.29 is 18.4 Å². The first-order chi connectivity index (χ1) is 12.5. The predicted molar refractivity (Wildman–Crippen MR) is 95.0 cm³/mol. The van der Waals surface area contributed by atoms with Crippen LogP contribution in [0.1, 0.15) is 48.9 Å². The maximum Gasteiger partial charge on any atom is 0.255 e. The molecule has 0 spiro atoms. The Morgan fingerprint density at radius 1 is 0.885 bits per heavy atom. The second kappa shape index (κ2) is 8.33. The first-order valence-corrected chi connectivity index (χ1v) is 9.58. The molecular weight excluding hydrogens is 362 g/mol. The van der Waals surface area contributed by atoms with Crippen molar-refractivity contribution in [3.63, 3.8) is 0 Å². The van der Waals surface area contributed by atoms with Gasteiger partial charge in [-0.15, -0.1) is 0 Å². The van der Waals surface area contributed by atoms with Gasteiger partial charge in [0.05, 0.1) is 10.6 Å². The molecule has 2 fully saturated rings. The molecule has 0 unspecified atom stereocenters. The molecule has 7 heteroatoms. The molecule has 2 aliphatic heterocycles. The van der Waals surface area contributed by atoms with Gasteiger partial charge in [0.15, 0.2) is 11.6 Å². The van der Waals surface area contributed by atoms with E-state index in [1.165, 1.54) is 12.8 Å². The van der Waals surface area contributed by atoms with Gasteiger partial charge < -0.3 is 9.80 Å². The van der Waals surface area contributed by atoms with Crippen molar-refractivity contribution in [2.24, 2.45) is 5.92 Å². The van der Waals surface area contributed by atoms with E-state index in [9.17, 15) is 18.4 Å². The van der Waals surface area contributed by atoms with E-state index in [4.69, 9.17) is 11.6 Å². The zero-order chi connectivity index (χ0) is 18.7. The Labute approximate surface area is 157 Å². The van der Waals surface area contributed by atoms with E-state index in [1.54, 1.807) is 4.90 Å². The predicted octanol–water partition coefficient (Wildman–Crippen LogP) is 3.87. The summed E-state index contributed by atoms with van der Waals surface area (Å²) in [6.07, 6.45) is 5.62. The molecule has 0 bridgehead atoms. The maximum atomic E-state index is 13.4. The molecule has 26 heavy (non-hydrogen) atoms. The fourth-order valence-electron chi connectivity index (χ4n) is 3.74. The zero-order valence-electron chi connectivity index (χ0n) is 14.6. The molecule has 2 amide bonds. The number of benzene rings is 1. The molecule has 0 radical (unpaired) electrons. The summed E-state index contributed by atoms with van der Waals surface area (Å²) in [6, 6.07) is 1.66. The third kappa shape index (κ3) is 4.17. The molecule has 4 nitrogen and oxygen atoms in total. The quantitative estimate of drug-likeness (QED) is 0.726. The van der Waals surface area contributed by atoms with Crippen molar-refractivity contribution >= 4 is 23.4 Å². The van der Waals surface area contributed by atoms with E-state index in [0.29, 0.717) is 25.9 Å². The van der Waals surface area contributed by atoms with Crippen LogP contribution in [0.25, 0.3) is 0 Å². The number of halogens is 3. The first-order valence-electron chi connectivity index (χ1n) is 9.20. The smallest absolute Gasteiger partial charge is 0.255 e. The summed E-state index contributed by atoms with van der Waals surface area (Å²) in [6.45, 7) is 2.47. The monoisotopic (exact) mass is 384 g/mol. The first kappa shape index (κ1) is 19.1. The van der Waals surface area contributed by atoms with Crippen molar-refractivity contribution in [3.05, 3.63) is 34.4 Å². The Hall–Kier alpha value is -1.69. The van der Waals surface area contributed by atoms with Gasteiger partial charge in [0.25, 0.3) is 5.91 Å². The highest BCUT2D eigenvalue weighted by Gasteiger charge is 2.31. The van der Waals surface area contributed by atoms with Gasteiger partial charge in [-0.3, -0.25) is 9.59 Å². The molecule has 2 aliphatic rings. The second-order valence-electron chi connectivity index (χ2n) is 7.05. The average Bonchev–Trinajstić information content (AvgIpc) is 2.93. The van der Waals surface area contributed by atoms with Gasteiger partial charge in [-0.05, 0) is 37.8 Å². The third-order valence-electron chi connectivity index (χ3n) is 5.29. The summed E-state index contributed by atoms with van der Waals surface area (Å²) in [5.41, 5.74) is -0.0390. The summed E-state index contributed by atoms with van der Waals surface area (Å²) < 4.78 is 26.6. The number of hydrogen-bond acceptors (Lipinski definition) is 2. The van der Waals surface area contributed by atoms with Crippen LogP contribution in [-0.4, -0.2) is 47.8 Å². The number of likely N-dealkylation sites (tertiary alicyclic amines) is 2. The van der Waals surface area contributed by atoms with Gasteiger partial charge in [0.1, 0.15) is 0 Å². The Morgan fingerprint density at radius 3 is 2.08 bits per heavy atom. The lowest BCUT2D eigenvalue weighted by Crippen LogP contribution is -2.44. The summed E-state index contributed by atoms with van der Waals surface area (Å²) in [4.78, 5) is 28.8. The van der Waals surface area contributed by atoms with Crippen molar-refractivity contribution in [2.75, 3.05) is 26.2 Å². The molecule has 2 saturated heterocycles. The van der Waals surface area contributed by atoms with E-state index in [-0.39, 0.29) is 22.4 Å². The largest absolute Gasteiger partial charge is 0.342 e. The van der Waals surface area contributed by atoms with Gasteiger partial charge in [-0.25, -0.2) is 8.78 Å². The number of amides is 2. The number of nitrogens with zero attached hydrogens (tertiary/aromatic N) is 2. The average molecular weight is 385 g/mol. The van der Waals surface area contributed by atoms with Crippen LogP contribution in [0.4, 0.5) is 8.78 Å². The Morgan fingerprint density at radius 2 is 1.46 bits per heavy atom. The molecule has 1 aromatic rings. The highest BCUT2D eigenvalue weighted by molar-refractivity contribution is 6.33. The lowest BCUT2D eigenvalue weighted by atomic mass is 9.94.